The summed E-state index contributed by atoms with van der Waals surface area (Å²) < 4.78 is 35.8. The lowest BCUT2D eigenvalue weighted by Crippen LogP contribution is -2.44. The number of rotatable bonds is 12. The molecule has 0 unspecified atom stereocenters. The lowest BCUT2D eigenvalue weighted by atomic mass is 9.83. The number of hydrogen-bond acceptors (Lipinski definition) is 4. The molecule has 0 fully saturated rings. The van der Waals surface area contributed by atoms with E-state index in [1.54, 1.807) is 25.1 Å². The van der Waals surface area contributed by atoms with Gasteiger partial charge in [0.25, 0.3) is 0 Å². The highest BCUT2D eigenvalue weighted by Gasteiger charge is 2.25. The third-order valence-corrected chi connectivity index (χ3v) is 4.79. The van der Waals surface area contributed by atoms with E-state index < -0.39 is 6.61 Å². The summed E-state index contributed by atoms with van der Waals surface area (Å²) >= 11 is 0. The van der Waals surface area contributed by atoms with E-state index in [2.05, 4.69) is 20.4 Å². The van der Waals surface area contributed by atoms with Crippen LogP contribution in [0.1, 0.15) is 46.1 Å². The monoisotopic (exact) mass is 529 g/mol. The first-order valence-corrected chi connectivity index (χ1v) is 9.77. The van der Waals surface area contributed by atoms with Gasteiger partial charge in [0.05, 0.1) is 19.8 Å². The maximum atomic E-state index is 12.8. The van der Waals surface area contributed by atoms with E-state index in [1.165, 1.54) is 0 Å². The molecule has 3 N–H and O–H groups in total. The molecule has 0 atom stereocenters. The zero-order chi connectivity index (χ0) is 21.0. The lowest BCUT2D eigenvalue weighted by Gasteiger charge is -2.30. The number of halogens is 3. The molecule has 29 heavy (non-hydrogen) atoms. The number of para-hydroxylation sites is 1. The molecule has 0 aliphatic heterocycles. The third-order valence-electron chi connectivity index (χ3n) is 4.79. The van der Waals surface area contributed by atoms with Crippen molar-refractivity contribution in [1.29, 1.82) is 0 Å². The Hall–Kier alpha value is -1.36. The average Bonchev–Trinajstić information content (AvgIpc) is 2.69. The normalized spacial score (nSPS) is 11.8. The number of ether oxygens (including phenoxy) is 2. The van der Waals surface area contributed by atoms with E-state index in [0.29, 0.717) is 31.2 Å². The first-order valence-electron chi connectivity index (χ1n) is 9.77. The van der Waals surface area contributed by atoms with E-state index in [-0.39, 0.29) is 54.0 Å². The summed E-state index contributed by atoms with van der Waals surface area (Å²) in [6, 6.07) is 5.00. The highest BCUT2D eigenvalue weighted by Crippen LogP contribution is 2.33. The molecule has 0 aliphatic carbocycles. The van der Waals surface area contributed by atoms with E-state index in [9.17, 15) is 13.9 Å². The topological polar surface area (TPSA) is 75.1 Å². The molecule has 0 saturated heterocycles. The minimum Gasteiger partial charge on any atom is -0.490 e. The van der Waals surface area contributed by atoms with E-state index in [0.717, 1.165) is 12.8 Å². The molecule has 1 aromatic carbocycles. The summed E-state index contributed by atoms with van der Waals surface area (Å²) in [7, 11) is 0. The van der Waals surface area contributed by atoms with Gasteiger partial charge in [-0.25, -0.2) is 4.99 Å². The van der Waals surface area contributed by atoms with Gasteiger partial charge in [0.2, 0.25) is 0 Å². The largest absolute Gasteiger partial charge is 0.490 e. The molecule has 0 saturated carbocycles. The van der Waals surface area contributed by atoms with Crippen molar-refractivity contribution in [1.82, 2.24) is 10.6 Å². The molecule has 0 amide bonds. The van der Waals surface area contributed by atoms with Gasteiger partial charge in [-0.05, 0) is 32.8 Å². The second-order valence-electron chi connectivity index (χ2n) is 6.47. The van der Waals surface area contributed by atoms with Gasteiger partial charge in [0.1, 0.15) is 0 Å². The average molecular weight is 529 g/mol. The van der Waals surface area contributed by atoms with Crippen molar-refractivity contribution in [3.8, 4) is 11.5 Å². The molecule has 1 rings (SSSR count). The van der Waals surface area contributed by atoms with E-state index >= 15 is 0 Å². The molecule has 0 spiro atoms. The van der Waals surface area contributed by atoms with Gasteiger partial charge >= 0.3 is 6.61 Å². The van der Waals surface area contributed by atoms with Crippen LogP contribution in [-0.2, 0) is 6.54 Å². The number of nitrogens with one attached hydrogen (secondary N) is 2. The molecular weight excluding hydrogens is 495 g/mol. The maximum absolute atomic E-state index is 12.8. The van der Waals surface area contributed by atoms with Gasteiger partial charge in [0.15, 0.2) is 17.5 Å². The Kier molecular flexibility index (Phi) is 13.9. The van der Waals surface area contributed by atoms with Crippen molar-refractivity contribution in [2.24, 2.45) is 10.4 Å². The molecule has 9 heteroatoms. The van der Waals surface area contributed by atoms with Crippen LogP contribution in [0, 0.1) is 5.41 Å². The van der Waals surface area contributed by atoms with Gasteiger partial charge in [-0.3, -0.25) is 0 Å². The molecule has 0 aromatic heterocycles. The minimum absolute atomic E-state index is 0. The van der Waals surface area contributed by atoms with Crippen LogP contribution in [0.4, 0.5) is 8.78 Å². The Balaban J connectivity index is 0.00000784. The highest BCUT2D eigenvalue weighted by molar-refractivity contribution is 14.0. The Morgan fingerprint density at radius 2 is 1.86 bits per heavy atom. The number of benzene rings is 1. The summed E-state index contributed by atoms with van der Waals surface area (Å²) in [6.45, 7) is 6.62. The van der Waals surface area contributed by atoms with Crippen LogP contribution in [0.2, 0.25) is 0 Å². The molecule has 168 valence electrons. The Labute approximate surface area is 189 Å². The minimum atomic E-state index is -2.95. The van der Waals surface area contributed by atoms with Gasteiger partial charge in [-0.1, -0.05) is 26.0 Å². The van der Waals surface area contributed by atoms with Crippen molar-refractivity contribution in [3.63, 3.8) is 0 Å². The summed E-state index contributed by atoms with van der Waals surface area (Å²) in [6.07, 6.45) is 1.66. The Bertz CT molecular complexity index is 606. The number of nitrogens with zero attached hydrogens (tertiary/aromatic N) is 1. The molecule has 0 radical (unpaired) electrons. The number of aliphatic imine (C=N–C) groups is 1. The molecular formula is C20H34F2IN3O3. The van der Waals surface area contributed by atoms with Crippen LogP contribution in [0.15, 0.2) is 23.2 Å². The quantitative estimate of drug-likeness (QED) is 0.216. The van der Waals surface area contributed by atoms with Crippen molar-refractivity contribution in [2.45, 2.75) is 53.7 Å². The number of aliphatic hydroxyl groups is 1. The maximum Gasteiger partial charge on any atom is 0.387 e. The SMILES string of the molecule is CCNC(=NCc1cccc(OCC)c1OC(F)F)NCC(CC)(CC)CO.I. The van der Waals surface area contributed by atoms with Crippen LogP contribution in [0.5, 0.6) is 11.5 Å². The molecule has 6 nitrogen and oxygen atoms in total. The fourth-order valence-corrected chi connectivity index (χ4v) is 2.73. The first-order chi connectivity index (χ1) is 13.4. The molecule has 0 bridgehead atoms. The van der Waals surface area contributed by atoms with Crippen LogP contribution < -0.4 is 20.1 Å². The summed E-state index contributed by atoms with van der Waals surface area (Å²) in [5, 5.41) is 16.1. The summed E-state index contributed by atoms with van der Waals surface area (Å²) in [5.41, 5.74) is 0.275. The van der Waals surface area contributed by atoms with Gasteiger partial charge < -0.3 is 25.2 Å². The Morgan fingerprint density at radius 1 is 1.17 bits per heavy atom. The van der Waals surface area contributed by atoms with Crippen molar-refractivity contribution < 1.29 is 23.4 Å². The van der Waals surface area contributed by atoms with Crippen molar-refractivity contribution >= 4 is 29.9 Å². The highest BCUT2D eigenvalue weighted by atomic mass is 127. The first kappa shape index (κ1) is 27.6. The second-order valence-corrected chi connectivity index (χ2v) is 6.47. The fraction of sp³-hybridized carbons (Fsp3) is 0.650. The standard InChI is InChI=1S/C20H33F2N3O3.HI/c1-5-20(6-2,14-26)13-25-19(23-7-3)24-12-15-10-9-11-16(27-8-4)17(15)28-18(21)22;/h9-11,18,26H,5-8,12-14H2,1-4H3,(H2,23,24,25);1H. The van der Waals surface area contributed by atoms with E-state index in [1.807, 2.05) is 20.8 Å². The zero-order valence-electron chi connectivity index (χ0n) is 17.6. The lowest BCUT2D eigenvalue weighted by molar-refractivity contribution is -0.0520. The summed E-state index contributed by atoms with van der Waals surface area (Å²) in [5.74, 6) is 0.822. The van der Waals surface area contributed by atoms with Gasteiger partial charge in [-0.2, -0.15) is 8.78 Å². The summed E-state index contributed by atoms with van der Waals surface area (Å²) in [4.78, 5) is 4.49. The number of hydrogen-bond donors (Lipinski definition) is 3. The molecule has 1 aromatic rings. The predicted octanol–water partition coefficient (Wildman–Crippen LogP) is 4.16. The molecule has 0 heterocycles. The fourth-order valence-electron chi connectivity index (χ4n) is 2.73. The van der Waals surface area contributed by atoms with Crippen molar-refractivity contribution in [3.05, 3.63) is 23.8 Å². The van der Waals surface area contributed by atoms with Crippen LogP contribution in [-0.4, -0.2) is 44.0 Å². The number of guanidine groups is 1. The van der Waals surface area contributed by atoms with Crippen LogP contribution >= 0.6 is 24.0 Å². The van der Waals surface area contributed by atoms with Crippen LogP contribution in [0.25, 0.3) is 0 Å². The number of aliphatic hydroxyl groups excluding tert-OH is 1. The second kappa shape index (κ2) is 14.6. The number of alkyl halides is 2. The van der Waals surface area contributed by atoms with Crippen LogP contribution in [0.3, 0.4) is 0 Å². The molecule has 0 aliphatic rings. The smallest absolute Gasteiger partial charge is 0.387 e. The Morgan fingerprint density at radius 3 is 2.38 bits per heavy atom. The van der Waals surface area contributed by atoms with Gasteiger partial charge in [0, 0.05) is 24.1 Å². The van der Waals surface area contributed by atoms with Crippen molar-refractivity contribution in [2.75, 3.05) is 26.3 Å². The third kappa shape index (κ3) is 8.90. The van der Waals surface area contributed by atoms with Gasteiger partial charge in [-0.15, -0.1) is 24.0 Å². The van der Waals surface area contributed by atoms with E-state index in [4.69, 9.17) is 4.74 Å². The predicted molar refractivity (Wildman–Crippen MR) is 123 cm³/mol. The zero-order valence-corrected chi connectivity index (χ0v) is 20.0.